The van der Waals surface area contributed by atoms with Gasteiger partial charge in [-0.25, -0.2) is 0 Å². The van der Waals surface area contributed by atoms with Crippen LogP contribution < -0.4 is 0 Å². The van der Waals surface area contributed by atoms with E-state index in [2.05, 4.69) is 0 Å². The first-order valence-corrected chi connectivity index (χ1v) is 5.66. The molecule has 5 nitrogen and oxygen atoms in total. The normalized spacial score (nSPS) is 34.8. The van der Waals surface area contributed by atoms with Gasteiger partial charge in [-0.2, -0.15) is 5.26 Å². The maximum absolute atomic E-state index is 12.0. The van der Waals surface area contributed by atoms with Crippen LogP contribution in [0.15, 0.2) is 0 Å². The number of nitrogens with zero attached hydrogens (tertiary/aromatic N) is 2. The van der Waals surface area contributed by atoms with Gasteiger partial charge in [-0.05, 0) is 19.8 Å². The molecule has 5 heteroatoms. The standard InChI is InChI=1S/C11H16N2O3/c1-8-2-3-10(16-8)11(14)13-4-5-15-9(6-12)7-13/h8-10H,2-5,7H2,1H3. The molecule has 0 radical (unpaired) electrons. The summed E-state index contributed by atoms with van der Waals surface area (Å²) in [5.74, 6) is 0.00731. The maximum Gasteiger partial charge on any atom is 0.251 e. The van der Waals surface area contributed by atoms with Gasteiger partial charge in [-0.15, -0.1) is 0 Å². The number of nitriles is 1. The van der Waals surface area contributed by atoms with Gasteiger partial charge >= 0.3 is 0 Å². The number of hydrogen-bond donors (Lipinski definition) is 0. The molecule has 0 N–H and O–H groups in total. The highest BCUT2D eigenvalue weighted by atomic mass is 16.5. The number of hydrogen-bond acceptors (Lipinski definition) is 4. The first-order valence-electron chi connectivity index (χ1n) is 5.66. The zero-order chi connectivity index (χ0) is 11.5. The van der Waals surface area contributed by atoms with Gasteiger partial charge in [0.1, 0.15) is 6.10 Å². The van der Waals surface area contributed by atoms with Gasteiger partial charge in [0.25, 0.3) is 5.91 Å². The average molecular weight is 224 g/mol. The van der Waals surface area contributed by atoms with E-state index in [1.54, 1.807) is 4.90 Å². The van der Waals surface area contributed by atoms with Gasteiger partial charge in [0.2, 0.25) is 0 Å². The lowest BCUT2D eigenvalue weighted by Gasteiger charge is -2.31. The quantitative estimate of drug-likeness (QED) is 0.643. The maximum atomic E-state index is 12.0. The Morgan fingerprint density at radius 2 is 2.31 bits per heavy atom. The molecule has 88 valence electrons. The fraction of sp³-hybridized carbons (Fsp3) is 0.818. The molecular formula is C11H16N2O3. The topological polar surface area (TPSA) is 62.6 Å². The molecule has 0 aromatic rings. The van der Waals surface area contributed by atoms with E-state index in [9.17, 15) is 4.79 Å². The van der Waals surface area contributed by atoms with Crippen molar-refractivity contribution in [3.05, 3.63) is 0 Å². The first-order chi connectivity index (χ1) is 7.70. The Bertz CT molecular complexity index is 313. The molecule has 16 heavy (non-hydrogen) atoms. The molecule has 2 saturated heterocycles. The monoisotopic (exact) mass is 224 g/mol. The summed E-state index contributed by atoms with van der Waals surface area (Å²) in [5, 5.41) is 8.75. The molecule has 2 aliphatic heterocycles. The summed E-state index contributed by atoms with van der Waals surface area (Å²) in [7, 11) is 0. The van der Waals surface area contributed by atoms with Gasteiger partial charge in [0.15, 0.2) is 6.10 Å². The Kier molecular flexibility index (Phi) is 3.42. The van der Waals surface area contributed by atoms with Crippen molar-refractivity contribution in [2.45, 2.75) is 38.1 Å². The van der Waals surface area contributed by atoms with Crippen molar-refractivity contribution in [3.8, 4) is 6.07 Å². The van der Waals surface area contributed by atoms with E-state index in [1.807, 2.05) is 13.0 Å². The third-order valence-electron chi connectivity index (χ3n) is 3.03. The summed E-state index contributed by atoms with van der Waals surface area (Å²) in [6.45, 7) is 3.34. The molecule has 1 amide bonds. The lowest BCUT2D eigenvalue weighted by Crippen LogP contribution is -2.48. The fourth-order valence-corrected chi connectivity index (χ4v) is 2.12. The van der Waals surface area contributed by atoms with E-state index in [0.29, 0.717) is 19.7 Å². The van der Waals surface area contributed by atoms with Crippen LogP contribution in [0, 0.1) is 11.3 Å². The van der Waals surface area contributed by atoms with Gasteiger partial charge in [-0.3, -0.25) is 4.79 Å². The smallest absolute Gasteiger partial charge is 0.251 e. The van der Waals surface area contributed by atoms with Crippen molar-refractivity contribution < 1.29 is 14.3 Å². The highest BCUT2D eigenvalue weighted by Crippen LogP contribution is 2.21. The van der Waals surface area contributed by atoms with Crippen LogP contribution in [-0.2, 0) is 14.3 Å². The second-order valence-corrected chi connectivity index (χ2v) is 4.29. The van der Waals surface area contributed by atoms with E-state index in [-0.39, 0.29) is 18.1 Å². The minimum Gasteiger partial charge on any atom is -0.365 e. The van der Waals surface area contributed by atoms with Gasteiger partial charge in [0, 0.05) is 6.54 Å². The molecule has 0 bridgehead atoms. The number of morpholine rings is 1. The van der Waals surface area contributed by atoms with Crippen molar-refractivity contribution in [3.63, 3.8) is 0 Å². The summed E-state index contributed by atoms with van der Waals surface area (Å²) >= 11 is 0. The summed E-state index contributed by atoms with van der Waals surface area (Å²) in [6, 6.07) is 2.03. The SMILES string of the molecule is CC1CCC(C(=O)N2CCOC(C#N)C2)O1. The third kappa shape index (κ3) is 2.34. The van der Waals surface area contributed by atoms with Crippen LogP contribution >= 0.6 is 0 Å². The minimum atomic E-state index is -0.489. The van der Waals surface area contributed by atoms with Gasteiger partial charge in [-0.1, -0.05) is 0 Å². The van der Waals surface area contributed by atoms with Crippen molar-refractivity contribution in [1.29, 1.82) is 5.26 Å². The molecule has 2 aliphatic rings. The minimum absolute atomic E-state index is 0.00731. The number of carbonyl (C=O) groups excluding carboxylic acids is 1. The lowest BCUT2D eigenvalue weighted by molar-refractivity contribution is -0.148. The molecule has 3 atom stereocenters. The largest absolute Gasteiger partial charge is 0.365 e. The Labute approximate surface area is 94.9 Å². The van der Waals surface area contributed by atoms with Gasteiger partial charge < -0.3 is 14.4 Å². The van der Waals surface area contributed by atoms with Crippen LogP contribution in [0.2, 0.25) is 0 Å². The molecule has 0 aliphatic carbocycles. The fourth-order valence-electron chi connectivity index (χ4n) is 2.12. The van der Waals surface area contributed by atoms with Crippen molar-refractivity contribution in [2.75, 3.05) is 19.7 Å². The van der Waals surface area contributed by atoms with E-state index in [1.165, 1.54) is 0 Å². The molecule has 2 heterocycles. The predicted molar refractivity (Wildman–Crippen MR) is 55.5 cm³/mol. The molecule has 3 unspecified atom stereocenters. The molecular weight excluding hydrogens is 208 g/mol. The Hall–Kier alpha value is -1.12. The molecule has 0 aromatic carbocycles. The van der Waals surface area contributed by atoms with E-state index in [4.69, 9.17) is 14.7 Å². The number of rotatable bonds is 1. The van der Waals surface area contributed by atoms with Crippen LogP contribution in [0.4, 0.5) is 0 Å². The van der Waals surface area contributed by atoms with Gasteiger partial charge in [0.05, 0.1) is 25.3 Å². The average Bonchev–Trinajstić information content (AvgIpc) is 2.75. The highest BCUT2D eigenvalue weighted by molar-refractivity contribution is 5.81. The van der Waals surface area contributed by atoms with Crippen molar-refractivity contribution in [1.82, 2.24) is 4.90 Å². The van der Waals surface area contributed by atoms with Crippen molar-refractivity contribution >= 4 is 5.91 Å². The lowest BCUT2D eigenvalue weighted by atomic mass is 10.1. The van der Waals surface area contributed by atoms with Crippen LogP contribution in [0.5, 0.6) is 0 Å². The van der Waals surface area contributed by atoms with Crippen LogP contribution in [-0.4, -0.2) is 48.8 Å². The number of ether oxygens (including phenoxy) is 2. The summed E-state index contributed by atoms with van der Waals surface area (Å²) in [5.41, 5.74) is 0. The zero-order valence-corrected chi connectivity index (χ0v) is 9.39. The van der Waals surface area contributed by atoms with Crippen molar-refractivity contribution in [2.24, 2.45) is 0 Å². The second kappa shape index (κ2) is 4.81. The Morgan fingerprint density at radius 1 is 1.50 bits per heavy atom. The van der Waals surface area contributed by atoms with Crippen LogP contribution in [0.3, 0.4) is 0 Å². The van der Waals surface area contributed by atoms with Crippen LogP contribution in [0.25, 0.3) is 0 Å². The van der Waals surface area contributed by atoms with Crippen LogP contribution in [0.1, 0.15) is 19.8 Å². The summed E-state index contributed by atoms with van der Waals surface area (Å²) in [4.78, 5) is 13.7. The predicted octanol–water partition coefficient (Wildman–Crippen LogP) is 0.305. The highest BCUT2D eigenvalue weighted by Gasteiger charge is 2.33. The summed E-state index contributed by atoms with van der Waals surface area (Å²) < 4.78 is 10.7. The third-order valence-corrected chi connectivity index (χ3v) is 3.03. The van der Waals surface area contributed by atoms with E-state index >= 15 is 0 Å². The molecule has 2 fully saturated rings. The molecule has 0 aromatic heterocycles. The molecule has 0 spiro atoms. The number of amides is 1. The summed E-state index contributed by atoms with van der Waals surface area (Å²) in [6.07, 6.45) is 1.09. The zero-order valence-electron chi connectivity index (χ0n) is 9.39. The van der Waals surface area contributed by atoms with E-state index in [0.717, 1.165) is 12.8 Å². The Morgan fingerprint density at radius 3 is 2.94 bits per heavy atom. The molecule has 0 saturated carbocycles. The Balaban J connectivity index is 1.92. The first kappa shape index (κ1) is 11.4. The number of carbonyl (C=O) groups is 1. The second-order valence-electron chi connectivity index (χ2n) is 4.29. The molecule has 2 rings (SSSR count). The van der Waals surface area contributed by atoms with E-state index < -0.39 is 6.10 Å².